The van der Waals surface area contributed by atoms with Gasteiger partial charge in [-0.3, -0.25) is 4.79 Å². The fraction of sp³-hybridized carbons (Fsp3) is 0.429. The van der Waals surface area contributed by atoms with E-state index in [4.69, 9.17) is 0 Å². The van der Waals surface area contributed by atoms with E-state index >= 15 is 0 Å². The van der Waals surface area contributed by atoms with E-state index in [1.54, 1.807) is 6.92 Å². The highest BCUT2D eigenvalue weighted by Crippen LogP contribution is 2.30. The van der Waals surface area contributed by atoms with E-state index in [-0.39, 0.29) is 5.56 Å². The second kappa shape index (κ2) is 5.52. The Morgan fingerprint density at radius 2 is 2.05 bits per heavy atom. The summed E-state index contributed by atoms with van der Waals surface area (Å²) in [6, 6.07) is 3.88. The van der Waals surface area contributed by atoms with Crippen molar-refractivity contribution in [2.24, 2.45) is 0 Å². The molecule has 6 heteroatoms. The number of amides is 1. The van der Waals surface area contributed by atoms with Crippen LogP contribution in [0.4, 0.5) is 4.39 Å². The topological polar surface area (TPSA) is 57.6 Å². The van der Waals surface area contributed by atoms with Crippen LogP contribution in [0.1, 0.15) is 36.5 Å². The van der Waals surface area contributed by atoms with Crippen molar-refractivity contribution in [2.45, 2.75) is 31.7 Å². The number of hydrogen-bond donors (Lipinski definition) is 1. The predicted molar refractivity (Wildman–Crippen MR) is 75.0 cm³/mol. The van der Waals surface area contributed by atoms with E-state index in [0.717, 1.165) is 18.9 Å². The summed E-state index contributed by atoms with van der Waals surface area (Å²) in [5.41, 5.74) is -1.07. The molecule has 0 spiro atoms. The van der Waals surface area contributed by atoms with Crippen LogP contribution in [0.5, 0.6) is 0 Å². The fourth-order valence-corrected chi connectivity index (χ4v) is 2.97. The maximum Gasteiger partial charge on any atom is 0.329 e. The first kappa shape index (κ1) is 15.0. The fourth-order valence-electron chi connectivity index (χ4n) is 2.50. The average molecular weight is 344 g/mol. The molecule has 1 aliphatic heterocycles. The molecule has 4 nitrogen and oxygen atoms in total. The molecular formula is C14H15BrFNO3. The number of likely N-dealkylation sites (tertiary alicyclic amines) is 1. The van der Waals surface area contributed by atoms with Crippen LogP contribution in [0.15, 0.2) is 22.7 Å². The molecule has 0 bridgehead atoms. The van der Waals surface area contributed by atoms with Crippen molar-refractivity contribution in [1.29, 1.82) is 0 Å². The largest absolute Gasteiger partial charge is 0.480 e. The highest BCUT2D eigenvalue weighted by atomic mass is 79.9. The van der Waals surface area contributed by atoms with Gasteiger partial charge in [-0.2, -0.15) is 0 Å². The van der Waals surface area contributed by atoms with Gasteiger partial charge in [0.1, 0.15) is 11.4 Å². The van der Waals surface area contributed by atoms with Crippen LogP contribution in [0.2, 0.25) is 0 Å². The summed E-state index contributed by atoms with van der Waals surface area (Å²) in [6.07, 6.45) is 1.93. The van der Waals surface area contributed by atoms with Crippen molar-refractivity contribution in [1.82, 2.24) is 4.90 Å². The van der Waals surface area contributed by atoms with Gasteiger partial charge in [-0.25, -0.2) is 9.18 Å². The number of piperidine rings is 1. The highest BCUT2D eigenvalue weighted by molar-refractivity contribution is 9.10. The van der Waals surface area contributed by atoms with E-state index in [9.17, 15) is 19.1 Å². The summed E-state index contributed by atoms with van der Waals surface area (Å²) in [4.78, 5) is 25.3. The standard InChI is InChI=1S/C14H15BrFNO3/c1-14(13(19)20)4-2-3-5-17(14)12(18)9-6-10(15)8-11(16)7-9/h6-8H,2-5H2,1H3,(H,19,20). The SMILES string of the molecule is CC1(C(=O)O)CCCCN1C(=O)c1cc(F)cc(Br)c1. The average Bonchev–Trinajstić information content (AvgIpc) is 2.37. The first-order valence-corrected chi connectivity index (χ1v) is 7.15. The quantitative estimate of drug-likeness (QED) is 0.897. The Labute approximate surface area is 124 Å². The number of carbonyl (C=O) groups excluding carboxylic acids is 1. The minimum atomic E-state index is -1.23. The van der Waals surface area contributed by atoms with E-state index in [2.05, 4.69) is 15.9 Å². The predicted octanol–water partition coefficient (Wildman–Crippen LogP) is 3.06. The first-order valence-electron chi connectivity index (χ1n) is 6.36. The number of hydrogen-bond acceptors (Lipinski definition) is 2. The van der Waals surface area contributed by atoms with Crippen LogP contribution in [-0.2, 0) is 4.79 Å². The van der Waals surface area contributed by atoms with Crippen molar-refractivity contribution < 1.29 is 19.1 Å². The normalized spacial score (nSPS) is 22.6. The molecule has 1 aliphatic rings. The van der Waals surface area contributed by atoms with Crippen LogP contribution in [-0.4, -0.2) is 34.0 Å². The Balaban J connectivity index is 2.37. The van der Waals surface area contributed by atoms with Gasteiger partial charge in [0.05, 0.1) is 0 Å². The Bertz CT molecular complexity index is 543. The van der Waals surface area contributed by atoms with Gasteiger partial charge < -0.3 is 10.0 Å². The smallest absolute Gasteiger partial charge is 0.329 e. The minimum absolute atomic E-state index is 0.159. The molecule has 1 aromatic carbocycles. The summed E-state index contributed by atoms with van der Waals surface area (Å²) in [5.74, 6) is -2.01. The van der Waals surface area contributed by atoms with Crippen LogP contribution in [0, 0.1) is 5.82 Å². The second-order valence-electron chi connectivity index (χ2n) is 5.15. The van der Waals surface area contributed by atoms with Crippen molar-refractivity contribution in [3.63, 3.8) is 0 Å². The molecule has 0 aromatic heterocycles. The zero-order valence-electron chi connectivity index (χ0n) is 11.0. The van der Waals surface area contributed by atoms with Crippen molar-refractivity contribution in [2.75, 3.05) is 6.54 Å². The third-order valence-electron chi connectivity index (χ3n) is 3.71. The van der Waals surface area contributed by atoms with Gasteiger partial charge in [-0.05, 0) is 44.4 Å². The molecule has 2 rings (SSSR count). The lowest BCUT2D eigenvalue weighted by Gasteiger charge is -2.41. The second-order valence-corrected chi connectivity index (χ2v) is 6.07. The van der Waals surface area contributed by atoms with Gasteiger partial charge >= 0.3 is 5.97 Å². The molecule has 1 amide bonds. The molecule has 1 unspecified atom stereocenters. The maximum absolute atomic E-state index is 13.4. The third-order valence-corrected chi connectivity index (χ3v) is 4.16. The third kappa shape index (κ3) is 2.70. The molecule has 0 saturated carbocycles. The summed E-state index contributed by atoms with van der Waals surface area (Å²) >= 11 is 3.14. The molecule has 20 heavy (non-hydrogen) atoms. The molecular weight excluding hydrogens is 329 g/mol. The van der Waals surface area contributed by atoms with Crippen LogP contribution < -0.4 is 0 Å². The Hall–Kier alpha value is -1.43. The number of carbonyl (C=O) groups is 2. The molecule has 1 aromatic rings. The molecule has 1 atom stereocenters. The summed E-state index contributed by atoms with van der Waals surface area (Å²) in [6.45, 7) is 1.91. The lowest BCUT2D eigenvalue weighted by Crippen LogP contribution is -2.57. The minimum Gasteiger partial charge on any atom is -0.480 e. The van der Waals surface area contributed by atoms with Gasteiger partial charge in [-0.15, -0.1) is 0 Å². The lowest BCUT2D eigenvalue weighted by molar-refractivity contribution is -0.150. The van der Waals surface area contributed by atoms with Crippen LogP contribution in [0.25, 0.3) is 0 Å². The van der Waals surface area contributed by atoms with Gasteiger partial charge in [0.15, 0.2) is 0 Å². The van der Waals surface area contributed by atoms with E-state index in [1.807, 2.05) is 0 Å². The Morgan fingerprint density at radius 1 is 1.35 bits per heavy atom. The highest BCUT2D eigenvalue weighted by Gasteiger charge is 2.44. The molecule has 108 valence electrons. The number of carboxylic acids is 1. The number of halogens is 2. The van der Waals surface area contributed by atoms with Crippen molar-refractivity contribution in [3.8, 4) is 0 Å². The lowest BCUT2D eigenvalue weighted by atomic mass is 9.88. The first-order chi connectivity index (χ1) is 9.34. The molecule has 0 radical (unpaired) electrons. The summed E-state index contributed by atoms with van der Waals surface area (Å²) < 4.78 is 13.8. The number of aliphatic carboxylic acids is 1. The number of rotatable bonds is 2. The molecule has 1 saturated heterocycles. The summed E-state index contributed by atoms with van der Waals surface area (Å²) in [5, 5.41) is 9.40. The van der Waals surface area contributed by atoms with Gasteiger partial charge in [-0.1, -0.05) is 15.9 Å². The number of carboxylic acid groups (broad SMARTS) is 1. The molecule has 1 fully saturated rings. The molecule has 0 aliphatic carbocycles. The Kier molecular flexibility index (Phi) is 4.13. The van der Waals surface area contributed by atoms with E-state index in [1.165, 1.54) is 17.0 Å². The molecule has 1 heterocycles. The number of nitrogens with zero attached hydrogens (tertiary/aromatic N) is 1. The number of benzene rings is 1. The van der Waals surface area contributed by atoms with Crippen LogP contribution >= 0.6 is 15.9 Å². The molecule has 1 N–H and O–H groups in total. The van der Waals surface area contributed by atoms with Gasteiger partial charge in [0.2, 0.25) is 0 Å². The van der Waals surface area contributed by atoms with Crippen LogP contribution in [0.3, 0.4) is 0 Å². The van der Waals surface area contributed by atoms with Gasteiger partial charge in [0.25, 0.3) is 5.91 Å². The zero-order valence-corrected chi connectivity index (χ0v) is 12.6. The maximum atomic E-state index is 13.4. The Morgan fingerprint density at radius 3 is 2.65 bits per heavy atom. The van der Waals surface area contributed by atoms with E-state index in [0.29, 0.717) is 17.4 Å². The van der Waals surface area contributed by atoms with Crippen molar-refractivity contribution in [3.05, 3.63) is 34.1 Å². The summed E-state index contributed by atoms with van der Waals surface area (Å²) in [7, 11) is 0. The van der Waals surface area contributed by atoms with Crippen molar-refractivity contribution >= 4 is 27.8 Å². The van der Waals surface area contributed by atoms with Gasteiger partial charge in [0, 0.05) is 16.6 Å². The monoisotopic (exact) mass is 343 g/mol. The zero-order chi connectivity index (χ0) is 14.9. The van der Waals surface area contributed by atoms with E-state index < -0.39 is 23.2 Å².